The largest absolute Gasteiger partial charge is 0.388 e. The highest BCUT2D eigenvalue weighted by Gasteiger charge is 2.22. The number of amides is 1. The lowest BCUT2D eigenvalue weighted by molar-refractivity contribution is -0.121. The van der Waals surface area contributed by atoms with Crippen molar-refractivity contribution in [2.45, 2.75) is 39.2 Å². The fraction of sp³-hybridized carbons (Fsp3) is 0.533. The van der Waals surface area contributed by atoms with Gasteiger partial charge in [-0.1, -0.05) is 19.9 Å². The van der Waals surface area contributed by atoms with Gasteiger partial charge in [0.25, 0.3) is 0 Å². The van der Waals surface area contributed by atoms with Gasteiger partial charge in [-0.15, -0.1) is 0 Å². The average Bonchev–Trinajstić information content (AvgIpc) is 2.29. The molecule has 2 N–H and O–H groups in total. The van der Waals surface area contributed by atoms with E-state index in [1.807, 2.05) is 13.8 Å². The minimum Gasteiger partial charge on any atom is -0.388 e. The number of carbonyl (C=O) groups excluding carboxylic acids is 1. The van der Waals surface area contributed by atoms with Crippen LogP contribution < -0.4 is 5.32 Å². The molecule has 0 radical (unpaired) electrons. The highest BCUT2D eigenvalue weighted by Crippen LogP contribution is 2.15. The molecule has 0 bridgehead atoms. The van der Waals surface area contributed by atoms with Crippen molar-refractivity contribution in [3.05, 3.63) is 35.4 Å². The highest BCUT2D eigenvalue weighted by atomic mass is 19.1. The fourth-order valence-corrected chi connectivity index (χ4v) is 2.14. The third kappa shape index (κ3) is 5.65. The molecular formula is C15H21F2NO2. The first-order chi connectivity index (χ1) is 9.19. The lowest BCUT2D eigenvalue weighted by Crippen LogP contribution is -2.42. The zero-order chi connectivity index (χ0) is 15.3. The summed E-state index contributed by atoms with van der Waals surface area (Å²) in [4.78, 5) is 11.7. The predicted octanol–water partition coefficient (Wildman–Crippen LogP) is 2.42. The molecule has 20 heavy (non-hydrogen) atoms. The minimum absolute atomic E-state index is 0.104. The summed E-state index contributed by atoms with van der Waals surface area (Å²) in [7, 11) is 0. The summed E-state index contributed by atoms with van der Waals surface area (Å²) in [5, 5.41) is 12.6. The van der Waals surface area contributed by atoms with Crippen LogP contribution in [0, 0.1) is 17.6 Å². The number of carbonyl (C=O) groups is 1. The topological polar surface area (TPSA) is 49.3 Å². The van der Waals surface area contributed by atoms with E-state index in [9.17, 15) is 18.7 Å². The van der Waals surface area contributed by atoms with Crippen LogP contribution in [0.4, 0.5) is 8.78 Å². The molecule has 0 spiro atoms. The second kappa shape index (κ2) is 6.79. The molecule has 0 aromatic heterocycles. The van der Waals surface area contributed by atoms with E-state index in [1.54, 1.807) is 6.92 Å². The van der Waals surface area contributed by atoms with Crippen LogP contribution in [0.3, 0.4) is 0 Å². The van der Waals surface area contributed by atoms with Gasteiger partial charge in [0.15, 0.2) is 0 Å². The van der Waals surface area contributed by atoms with E-state index < -0.39 is 23.1 Å². The summed E-state index contributed by atoms with van der Waals surface area (Å²) >= 11 is 0. The second-order valence-electron chi connectivity index (χ2n) is 5.78. The number of hydrogen-bond donors (Lipinski definition) is 2. The van der Waals surface area contributed by atoms with Crippen molar-refractivity contribution in [1.82, 2.24) is 5.32 Å². The Labute approximate surface area is 118 Å². The van der Waals surface area contributed by atoms with E-state index in [0.29, 0.717) is 12.3 Å². The van der Waals surface area contributed by atoms with Gasteiger partial charge in [-0.05, 0) is 30.9 Å². The van der Waals surface area contributed by atoms with Crippen molar-refractivity contribution >= 4 is 5.91 Å². The smallest absolute Gasteiger partial charge is 0.224 e. The molecule has 0 heterocycles. The van der Waals surface area contributed by atoms with Crippen LogP contribution in [-0.2, 0) is 11.2 Å². The Morgan fingerprint density at radius 1 is 1.40 bits per heavy atom. The van der Waals surface area contributed by atoms with Gasteiger partial charge in [0.1, 0.15) is 11.6 Å². The summed E-state index contributed by atoms with van der Waals surface area (Å²) < 4.78 is 26.1. The first-order valence-electron chi connectivity index (χ1n) is 6.62. The van der Waals surface area contributed by atoms with E-state index in [1.165, 1.54) is 6.07 Å². The van der Waals surface area contributed by atoms with Crippen molar-refractivity contribution < 1.29 is 18.7 Å². The maximum Gasteiger partial charge on any atom is 0.224 e. The SMILES string of the molecule is CC(C)CC(C)(O)CNC(=O)Cc1ccc(F)cc1F. The molecule has 1 atom stereocenters. The Morgan fingerprint density at radius 2 is 2.05 bits per heavy atom. The fourth-order valence-electron chi connectivity index (χ4n) is 2.14. The maximum absolute atomic E-state index is 13.4. The van der Waals surface area contributed by atoms with E-state index in [2.05, 4.69) is 5.32 Å². The van der Waals surface area contributed by atoms with Crippen LogP contribution in [-0.4, -0.2) is 23.2 Å². The first-order valence-corrected chi connectivity index (χ1v) is 6.62. The quantitative estimate of drug-likeness (QED) is 0.843. The summed E-state index contributed by atoms with van der Waals surface area (Å²) in [5.74, 6) is -1.52. The van der Waals surface area contributed by atoms with E-state index in [-0.39, 0.29) is 18.5 Å². The molecular weight excluding hydrogens is 264 g/mol. The molecule has 0 saturated heterocycles. The summed E-state index contributed by atoms with van der Waals surface area (Å²) in [6.07, 6.45) is 0.377. The van der Waals surface area contributed by atoms with Crippen molar-refractivity contribution in [2.24, 2.45) is 5.92 Å². The zero-order valence-corrected chi connectivity index (χ0v) is 12.0. The number of aliphatic hydroxyl groups is 1. The molecule has 0 fully saturated rings. The molecule has 1 unspecified atom stereocenters. The molecule has 1 rings (SSSR count). The number of benzene rings is 1. The van der Waals surface area contributed by atoms with Crippen molar-refractivity contribution in [1.29, 1.82) is 0 Å². The average molecular weight is 285 g/mol. The lowest BCUT2D eigenvalue weighted by atomic mass is 9.94. The summed E-state index contributed by atoms with van der Waals surface area (Å²) in [6.45, 7) is 5.70. The van der Waals surface area contributed by atoms with E-state index >= 15 is 0 Å². The molecule has 3 nitrogen and oxygen atoms in total. The number of rotatable bonds is 6. The molecule has 112 valence electrons. The van der Waals surface area contributed by atoms with E-state index in [0.717, 1.165) is 12.1 Å². The minimum atomic E-state index is -0.995. The monoisotopic (exact) mass is 285 g/mol. The van der Waals surface area contributed by atoms with Crippen LogP contribution >= 0.6 is 0 Å². The van der Waals surface area contributed by atoms with Crippen LogP contribution in [0.1, 0.15) is 32.8 Å². The Morgan fingerprint density at radius 3 is 2.60 bits per heavy atom. The molecule has 0 aliphatic heterocycles. The van der Waals surface area contributed by atoms with Gasteiger partial charge >= 0.3 is 0 Å². The molecule has 5 heteroatoms. The third-order valence-electron chi connectivity index (χ3n) is 2.88. The Kier molecular flexibility index (Phi) is 5.62. The molecule has 0 aliphatic rings. The van der Waals surface area contributed by atoms with Gasteiger partial charge in [-0.3, -0.25) is 4.79 Å². The predicted molar refractivity (Wildman–Crippen MR) is 73.2 cm³/mol. The molecule has 0 saturated carbocycles. The summed E-state index contributed by atoms with van der Waals surface area (Å²) in [5.41, 5.74) is -0.863. The van der Waals surface area contributed by atoms with Gasteiger partial charge in [0.05, 0.1) is 12.0 Å². The first kappa shape index (κ1) is 16.6. The van der Waals surface area contributed by atoms with Crippen LogP contribution in [0.5, 0.6) is 0 Å². The van der Waals surface area contributed by atoms with Gasteiger partial charge in [0.2, 0.25) is 5.91 Å². The molecule has 1 aromatic rings. The Hall–Kier alpha value is -1.49. The third-order valence-corrected chi connectivity index (χ3v) is 2.88. The van der Waals surface area contributed by atoms with Gasteiger partial charge in [0, 0.05) is 12.6 Å². The number of halogens is 2. The number of hydrogen-bond acceptors (Lipinski definition) is 2. The van der Waals surface area contributed by atoms with Gasteiger partial charge in [-0.25, -0.2) is 8.78 Å². The molecule has 0 aliphatic carbocycles. The molecule has 1 amide bonds. The number of nitrogens with one attached hydrogen (secondary N) is 1. The molecule has 1 aromatic carbocycles. The normalized spacial score (nSPS) is 14.2. The van der Waals surface area contributed by atoms with Crippen molar-refractivity contribution in [3.63, 3.8) is 0 Å². The lowest BCUT2D eigenvalue weighted by Gasteiger charge is -2.25. The van der Waals surface area contributed by atoms with Crippen LogP contribution in [0.25, 0.3) is 0 Å². The summed E-state index contributed by atoms with van der Waals surface area (Å²) in [6, 6.07) is 3.11. The van der Waals surface area contributed by atoms with Crippen LogP contribution in [0.15, 0.2) is 18.2 Å². The van der Waals surface area contributed by atoms with Crippen molar-refractivity contribution in [2.75, 3.05) is 6.54 Å². The highest BCUT2D eigenvalue weighted by molar-refractivity contribution is 5.78. The Balaban J connectivity index is 2.52. The van der Waals surface area contributed by atoms with Gasteiger partial charge in [-0.2, -0.15) is 0 Å². The maximum atomic E-state index is 13.4. The second-order valence-corrected chi connectivity index (χ2v) is 5.78. The van der Waals surface area contributed by atoms with Crippen molar-refractivity contribution in [3.8, 4) is 0 Å². The Bertz CT molecular complexity index is 473. The zero-order valence-electron chi connectivity index (χ0n) is 12.0. The van der Waals surface area contributed by atoms with Gasteiger partial charge < -0.3 is 10.4 Å². The standard InChI is InChI=1S/C15H21F2NO2/c1-10(2)8-15(3,20)9-18-14(19)6-11-4-5-12(16)7-13(11)17/h4-5,7,10,20H,6,8-9H2,1-3H3,(H,18,19). The van der Waals surface area contributed by atoms with Crippen LogP contribution in [0.2, 0.25) is 0 Å². The van der Waals surface area contributed by atoms with E-state index in [4.69, 9.17) is 0 Å².